The Kier molecular flexibility index (Phi) is 1.40. The zero-order chi connectivity index (χ0) is 8.55. The van der Waals surface area contributed by atoms with Crippen LogP contribution in [0.1, 0.15) is 15.9 Å². The molecule has 0 aromatic heterocycles. The molecule has 4 heteroatoms. The standard InChI is InChI=1S/C8H7N3O/c9-6-3-1-2-5-4-10-11-8(12)7(5)6/h1-3H,4,9H2. The lowest BCUT2D eigenvalue weighted by molar-refractivity contribution is 0.0989. The molecule has 1 aliphatic heterocycles. The van der Waals surface area contributed by atoms with Crippen LogP contribution in [0.15, 0.2) is 28.4 Å². The molecular weight excluding hydrogens is 154 g/mol. The van der Waals surface area contributed by atoms with Gasteiger partial charge >= 0.3 is 0 Å². The Hall–Kier alpha value is -1.71. The van der Waals surface area contributed by atoms with Gasteiger partial charge in [-0.05, 0) is 11.6 Å². The lowest BCUT2D eigenvalue weighted by atomic mass is 10.0. The smallest absolute Gasteiger partial charge is 0.297 e. The predicted molar refractivity (Wildman–Crippen MR) is 43.7 cm³/mol. The molecule has 1 aliphatic rings. The second-order valence-electron chi connectivity index (χ2n) is 2.59. The summed E-state index contributed by atoms with van der Waals surface area (Å²) >= 11 is 0. The minimum atomic E-state index is -0.339. The Balaban J connectivity index is 2.66. The fraction of sp³-hybridized carbons (Fsp3) is 0.125. The normalized spacial score (nSPS) is 14.5. The van der Waals surface area contributed by atoms with Gasteiger partial charge < -0.3 is 5.73 Å². The van der Waals surface area contributed by atoms with E-state index in [2.05, 4.69) is 10.2 Å². The summed E-state index contributed by atoms with van der Waals surface area (Å²) in [5.74, 6) is -0.339. The van der Waals surface area contributed by atoms with E-state index in [4.69, 9.17) is 5.73 Å². The number of benzene rings is 1. The summed E-state index contributed by atoms with van der Waals surface area (Å²) in [5.41, 5.74) is 7.46. The van der Waals surface area contributed by atoms with Crippen molar-refractivity contribution in [3.8, 4) is 0 Å². The summed E-state index contributed by atoms with van der Waals surface area (Å²) in [7, 11) is 0. The van der Waals surface area contributed by atoms with Crippen molar-refractivity contribution in [2.45, 2.75) is 6.54 Å². The van der Waals surface area contributed by atoms with Crippen LogP contribution < -0.4 is 5.73 Å². The first-order valence-electron chi connectivity index (χ1n) is 3.58. The molecule has 0 radical (unpaired) electrons. The topological polar surface area (TPSA) is 67.8 Å². The van der Waals surface area contributed by atoms with Crippen LogP contribution in [0, 0.1) is 0 Å². The summed E-state index contributed by atoms with van der Waals surface area (Å²) in [4.78, 5) is 11.2. The molecule has 12 heavy (non-hydrogen) atoms. The van der Waals surface area contributed by atoms with E-state index in [1.165, 1.54) is 0 Å². The van der Waals surface area contributed by atoms with Gasteiger partial charge in [-0.2, -0.15) is 5.11 Å². The van der Waals surface area contributed by atoms with E-state index in [9.17, 15) is 4.79 Å². The first-order chi connectivity index (χ1) is 5.79. The van der Waals surface area contributed by atoms with Crippen molar-refractivity contribution in [1.29, 1.82) is 0 Å². The number of nitrogens with two attached hydrogens (primary N) is 1. The third kappa shape index (κ3) is 0.887. The minimum Gasteiger partial charge on any atom is -0.398 e. The average molecular weight is 161 g/mol. The second-order valence-corrected chi connectivity index (χ2v) is 2.59. The van der Waals surface area contributed by atoms with Crippen molar-refractivity contribution in [2.75, 3.05) is 5.73 Å². The first kappa shape index (κ1) is 6.97. The molecule has 1 amide bonds. The molecule has 0 spiro atoms. The van der Waals surface area contributed by atoms with E-state index in [1.807, 2.05) is 12.1 Å². The Labute approximate surface area is 69.1 Å². The number of anilines is 1. The quantitative estimate of drug-likeness (QED) is 0.584. The number of rotatable bonds is 0. The Morgan fingerprint density at radius 2 is 2.25 bits per heavy atom. The molecule has 2 N–H and O–H groups in total. The number of nitrogen functional groups attached to an aromatic ring is 1. The maximum absolute atomic E-state index is 11.2. The number of azo groups is 1. The number of carbonyl (C=O) groups excluding carboxylic acids is 1. The van der Waals surface area contributed by atoms with Gasteiger partial charge in [0.15, 0.2) is 0 Å². The molecule has 1 aromatic carbocycles. The van der Waals surface area contributed by atoms with Gasteiger partial charge in [0.1, 0.15) is 0 Å². The third-order valence-corrected chi connectivity index (χ3v) is 1.80. The Bertz CT molecular complexity index is 371. The van der Waals surface area contributed by atoms with Gasteiger partial charge in [-0.15, -0.1) is 5.11 Å². The van der Waals surface area contributed by atoms with Crippen molar-refractivity contribution >= 4 is 11.6 Å². The third-order valence-electron chi connectivity index (χ3n) is 1.80. The van der Waals surface area contributed by atoms with Crippen LogP contribution in [0.2, 0.25) is 0 Å². The fourth-order valence-corrected chi connectivity index (χ4v) is 1.24. The second kappa shape index (κ2) is 2.41. The summed E-state index contributed by atoms with van der Waals surface area (Å²) < 4.78 is 0. The zero-order valence-corrected chi connectivity index (χ0v) is 6.32. The van der Waals surface area contributed by atoms with E-state index < -0.39 is 0 Å². The van der Waals surface area contributed by atoms with E-state index in [-0.39, 0.29) is 5.91 Å². The van der Waals surface area contributed by atoms with Gasteiger partial charge in [0, 0.05) is 5.69 Å². The molecule has 60 valence electrons. The van der Waals surface area contributed by atoms with Crippen LogP contribution in [0.3, 0.4) is 0 Å². The van der Waals surface area contributed by atoms with Crippen LogP contribution in [0.25, 0.3) is 0 Å². The first-order valence-corrected chi connectivity index (χ1v) is 3.58. The molecule has 0 saturated heterocycles. The number of carbonyl (C=O) groups is 1. The number of fused-ring (bicyclic) bond motifs is 1. The molecule has 0 unspecified atom stereocenters. The summed E-state index contributed by atoms with van der Waals surface area (Å²) in [6, 6.07) is 5.33. The minimum absolute atomic E-state index is 0.339. The average Bonchev–Trinajstić information content (AvgIpc) is 2.04. The van der Waals surface area contributed by atoms with Crippen LogP contribution in [0.4, 0.5) is 5.69 Å². The van der Waals surface area contributed by atoms with Gasteiger partial charge in [0.2, 0.25) is 0 Å². The molecule has 2 rings (SSSR count). The van der Waals surface area contributed by atoms with Crippen molar-refractivity contribution in [3.63, 3.8) is 0 Å². The monoisotopic (exact) mass is 161 g/mol. The van der Waals surface area contributed by atoms with Gasteiger partial charge in [-0.3, -0.25) is 4.79 Å². The van der Waals surface area contributed by atoms with E-state index in [0.29, 0.717) is 17.8 Å². The van der Waals surface area contributed by atoms with Gasteiger partial charge in [-0.1, -0.05) is 12.1 Å². The molecule has 1 aromatic rings. The lowest BCUT2D eigenvalue weighted by Crippen LogP contribution is -2.08. The number of nitrogens with zero attached hydrogens (tertiary/aromatic N) is 2. The van der Waals surface area contributed by atoms with Crippen molar-refractivity contribution < 1.29 is 4.79 Å². The van der Waals surface area contributed by atoms with E-state index in [1.54, 1.807) is 6.07 Å². The molecule has 0 saturated carbocycles. The van der Waals surface area contributed by atoms with Crippen LogP contribution in [-0.4, -0.2) is 5.91 Å². The fourth-order valence-electron chi connectivity index (χ4n) is 1.24. The molecule has 0 atom stereocenters. The Morgan fingerprint density at radius 1 is 1.42 bits per heavy atom. The molecule has 0 bridgehead atoms. The van der Waals surface area contributed by atoms with E-state index >= 15 is 0 Å². The molecule has 0 fully saturated rings. The highest BCUT2D eigenvalue weighted by Gasteiger charge is 2.17. The highest BCUT2D eigenvalue weighted by molar-refractivity contribution is 6.01. The summed E-state index contributed by atoms with van der Waals surface area (Å²) in [5, 5.41) is 7.10. The van der Waals surface area contributed by atoms with E-state index in [0.717, 1.165) is 5.56 Å². The number of amides is 1. The van der Waals surface area contributed by atoms with Crippen LogP contribution in [-0.2, 0) is 6.54 Å². The number of hydrogen-bond acceptors (Lipinski definition) is 3. The Morgan fingerprint density at radius 3 is 3.00 bits per heavy atom. The van der Waals surface area contributed by atoms with Crippen molar-refractivity contribution in [3.05, 3.63) is 29.3 Å². The van der Waals surface area contributed by atoms with Crippen LogP contribution >= 0.6 is 0 Å². The lowest BCUT2D eigenvalue weighted by Gasteiger charge is -2.09. The van der Waals surface area contributed by atoms with Gasteiger partial charge in [0.25, 0.3) is 5.91 Å². The maximum atomic E-state index is 11.2. The van der Waals surface area contributed by atoms with Crippen molar-refractivity contribution in [2.24, 2.45) is 10.2 Å². The largest absolute Gasteiger partial charge is 0.398 e. The van der Waals surface area contributed by atoms with Crippen molar-refractivity contribution in [1.82, 2.24) is 0 Å². The highest BCUT2D eigenvalue weighted by atomic mass is 16.1. The molecular formula is C8H7N3O. The van der Waals surface area contributed by atoms with Gasteiger partial charge in [-0.25, -0.2) is 0 Å². The number of hydrogen-bond donors (Lipinski definition) is 1. The summed E-state index contributed by atoms with van der Waals surface area (Å²) in [6.45, 7) is 0.451. The van der Waals surface area contributed by atoms with Crippen LogP contribution in [0.5, 0.6) is 0 Å². The summed E-state index contributed by atoms with van der Waals surface area (Å²) in [6.07, 6.45) is 0. The predicted octanol–water partition coefficient (Wildman–Crippen LogP) is 1.37. The molecule has 4 nitrogen and oxygen atoms in total. The molecule has 1 heterocycles. The zero-order valence-electron chi connectivity index (χ0n) is 6.32. The SMILES string of the molecule is Nc1cccc2c1C(=O)N=NC2. The van der Waals surface area contributed by atoms with Gasteiger partial charge in [0.05, 0.1) is 12.1 Å². The highest BCUT2D eigenvalue weighted by Crippen LogP contribution is 2.22. The maximum Gasteiger partial charge on any atom is 0.297 e. The molecule has 0 aliphatic carbocycles.